The molecule has 4 heterocycles. The van der Waals surface area contributed by atoms with E-state index in [1.807, 2.05) is 4.90 Å². The lowest BCUT2D eigenvalue weighted by Crippen LogP contribution is -2.36. The molecule has 1 aliphatic rings. The first-order chi connectivity index (χ1) is 21.3. The van der Waals surface area contributed by atoms with E-state index in [9.17, 15) is 13.6 Å². The van der Waals surface area contributed by atoms with E-state index in [4.69, 9.17) is 20.0 Å². The summed E-state index contributed by atoms with van der Waals surface area (Å²) < 4.78 is 57.8. The maximum Gasteiger partial charge on any atom is 0.203 e. The first-order valence-electron chi connectivity index (χ1n) is 13.9. The van der Waals surface area contributed by atoms with Gasteiger partial charge in [-0.2, -0.15) is 5.10 Å². The molecule has 0 radical (unpaired) electrons. The number of benzene rings is 3. The fraction of sp³-hybridized carbons (Fsp3) is 0.188. The number of nitrogens with zero attached hydrogens (tertiary/aromatic N) is 5. The summed E-state index contributed by atoms with van der Waals surface area (Å²) in [7, 11) is 0. The van der Waals surface area contributed by atoms with Crippen molar-refractivity contribution in [3.8, 4) is 22.4 Å². The molecule has 0 saturated carbocycles. The third-order valence-electron chi connectivity index (χ3n) is 7.85. The Kier molecular flexibility index (Phi) is 6.77. The summed E-state index contributed by atoms with van der Waals surface area (Å²) >= 11 is 0. The molecule has 7 rings (SSSR count). The van der Waals surface area contributed by atoms with Crippen molar-refractivity contribution in [1.82, 2.24) is 19.7 Å². The Hall–Kier alpha value is -5.23. The van der Waals surface area contributed by atoms with E-state index in [2.05, 4.69) is 9.97 Å². The molecule has 0 spiro atoms. The van der Waals surface area contributed by atoms with Gasteiger partial charge >= 0.3 is 0 Å². The van der Waals surface area contributed by atoms with E-state index < -0.39 is 28.9 Å². The second-order valence-corrected chi connectivity index (χ2v) is 10.5. The van der Waals surface area contributed by atoms with E-state index in [1.54, 1.807) is 25.1 Å². The lowest BCUT2D eigenvalue weighted by Gasteiger charge is -2.29. The maximum absolute atomic E-state index is 15.5. The SMILES string of the molecule is CC(c1oc2cccc(F)c2c(=O)c1-c1cccc(F)c1)n1nc(-c2ccc(N3CCOCC3)c(F)c2)c2c(N)ncnc21. The molecule has 1 fully saturated rings. The molecule has 6 aromatic rings. The van der Waals surface area contributed by atoms with Crippen molar-refractivity contribution in [3.05, 3.63) is 100 Å². The molecule has 12 heteroatoms. The van der Waals surface area contributed by atoms with Crippen LogP contribution >= 0.6 is 0 Å². The van der Waals surface area contributed by atoms with Crippen LogP contribution in [0.2, 0.25) is 0 Å². The predicted octanol–water partition coefficient (Wildman–Crippen LogP) is 5.71. The lowest BCUT2D eigenvalue weighted by molar-refractivity contribution is 0.122. The summed E-state index contributed by atoms with van der Waals surface area (Å²) in [4.78, 5) is 24.3. The van der Waals surface area contributed by atoms with Gasteiger partial charge in [0.1, 0.15) is 58.1 Å². The Labute approximate surface area is 248 Å². The van der Waals surface area contributed by atoms with E-state index in [-0.39, 0.29) is 33.7 Å². The normalized spacial score (nSPS) is 14.4. The largest absolute Gasteiger partial charge is 0.458 e. The van der Waals surface area contributed by atoms with Crippen LogP contribution in [0, 0.1) is 17.5 Å². The smallest absolute Gasteiger partial charge is 0.203 e. The molecule has 0 bridgehead atoms. The van der Waals surface area contributed by atoms with Crippen LogP contribution in [0.3, 0.4) is 0 Å². The van der Waals surface area contributed by atoms with Gasteiger partial charge in [-0.25, -0.2) is 27.8 Å². The number of aromatic nitrogens is 4. The quantitative estimate of drug-likeness (QED) is 0.269. The van der Waals surface area contributed by atoms with Crippen molar-refractivity contribution in [2.45, 2.75) is 13.0 Å². The maximum atomic E-state index is 15.5. The molecular formula is C32H25F3N6O3. The van der Waals surface area contributed by atoms with Crippen LogP contribution in [0.25, 0.3) is 44.4 Å². The summed E-state index contributed by atoms with van der Waals surface area (Å²) in [6, 6.07) is 13.5. The van der Waals surface area contributed by atoms with Crippen molar-refractivity contribution >= 4 is 33.5 Å². The molecule has 1 saturated heterocycles. The summed E-state index contributed by atoms with van der Waals surface area (Å²) in [6.45, 7) is 3.87. The molecule has 3 aromatic heterocycles. The Bertz CT molecular complexity index is 2120. The third-order valence-corrected chi connectivity index (χ3v) is 7.85. The van der Waals surface area contributed by atoms with Crippen LogP contribution in [0.15, 0.2) is 76.2 Å². The zero-order chi connectivity index (χ0) is 30.5. The van der Waals surface area contributed by atoms with E-state index in [1.165, 1.54) is 47.4 Å². The number of hydrogen-bond acceptors (Lipinski definition) is 8. The number of rotatable bonds is 5. The highest BCUT2D eigenvalue weighted by Gasteiger charge is 2.28. The number of ether oxygens (including phenoxy) is 1. The molecule has 2 N–H and O–H groups in total. The van der Waals surface area contributed by atoms with Crippen LogP contribution < -0.4 is 16.1 Å². The highest BCUT2D eigenvalue weighted by molar-refractivity contribution is 5.98. The summed E-state index contributed by atoms with van der Waals surface area (Å²) in [5.41, 5.74) is 7.34. The number of nitrogens with two attached hydrogens (primary N) is 1. The summed E-state index contributed by atoms with van der Waals surface area (Å²) in [5, 5.41) is 4.90. The molecule has 1 atom stereocenters. The van der Waals surface area contributed by atoms with Crippen molar-refractivity contribution in [3.63, 3.8) is 0 Å². The van der Waals surface area contributed by atoms with Gasteiger partial charge in [0.25, 0.3) is 0 Å². The summed E-state index contributed by atoms with van der Waals surface area (Å²) in [6.07, 6.45) is 1.27. The van der Waals surface area contributed by atoms with Gasteiger partial charge in [-0.05, 0) is 48.9 Å². The van der Waals surface area contributed by atoms with Crippen LogP contribution in [0.4, 0.5) is 24.7 Å². The molecule has 0 aliphatic carbocycles. The van der Waals surface area contributed by atoms with Gasteiger partial charge in [0.2, 0.25) is 5.43 Å². The molecule has 9 nitrogen and oxygen atoms in total. The minimum Gasteiger partial charge on any atom is -0.458 e. The predicted molar refractivity (Wildman–Crippen MR) is 160 cm³/mol. The number of hydrogen-bond donors (Lipinski definition) is 1. The Balaban J connectivity index is 1.43. The fourth-order valence-electron chi connectivity index (χ4n) is 5.72. The van der Waals surface area contributed by atoms with Crippen LogP contribution in [0.1, 0.15) is 18.7 Å². The molecular weight excluding hydrogens is 573 g/mol. The van der Waals surface area contributed by atoms with Gasteiger partial charge in [-0.1, -0.05) is 24.3 Å². The molecule has 0 amide bonds. The van der Waals surface area contributed by atoms with Crippen LogP contribution in [-0.4, -0.2) is 46.1 Å². The molecule has 222 valence electrons. The van der Waals surface area contributed by atoms with E-state index in [0.29, 0.717) is 54.3 Å². The Morgan fingerprint density at radius 3 is 2.48 bits per heavy atom. The second-order valence-electron chi connectivity index (χ2n) is 10.5. The number of halogens is 3. The van der Waals surface area contributed by atoms with Gasteiger partial charge in [-0.15, -0.1) is 0 Å². The average Bonchev–Trinajstić information content (AvgIpc) is 3.42. The van der Waals surface area contributed by atoms with Crippen molar-refractivity contribution in [2.75, 3.05) is 36.9 Å². The number of morpholine rings is 1. The third kappa shape index (κ3) is 4.54. The van der Waals surface area contributed by atoms with Crippen LogP contribution in [-0.2, 0) is 4.74 Å². The van der Waals surface area contributed by atoms with Gasteiger partial charge in [-0.3, -0.25) is 4.79 Å². The van der Waals surface area contributed by atoms with Crippen LogP contribution in [0.5, 0.6) is 0 Å². The van der Waals surface area contributed by atoms with Crippen molar-refractivity contribution in [2.24, 2.45) is 0 Å². The molecule has 3 aromatic carbocycles. The fourth-order valence-corrected chi connectivity index (χ4v) is 5.72. The van der Waals surface area contributed by atoms with Gasteiger partial charge in [0, 0.05) is 18.7 Å². The number of fused-ring (bicyclic) bond motifs is 2. The van der Waals surface area contributed by atoms with Gasteiger partial charge in [0.05, 0.1) is 29.9 Å². The Morgan fingerprint density at radius 1 is 0.909 bits per heavy atom. The number of nitrogen functional groups attached to an aromatic ring is 1. The molecule has 44 heavy (non-hydrogen) atoms. The molecule has 1 aliphatic heterocycles. The molecule has 1 unspecified atom stereocenters. The van der Waals surface area contributed by atoms with Gasteiger partial charge in [0.15, 0.2) is 5.65 Å². The van der Waals surface area contributed by atoms with Gasteiger partial charge < -0.3 is 19.8 Å². The Morgan fingerprint density at radius 2 is 1.70 bits per heavy atom. The van der Waals surface area contributed by atoms with Crippen molar-refractivity contribution < 1.29 is 22.3 Å². The standard InChI is InChI=1S/C32H25F3N6O3/c1-17(30-25(18-4-2-5-20(33)14-18)29(42)26-21(34)6-3-7-24(26)44-30)41-32-27(31(36)37-16-38-32)28(39-41)19-8-9-23(22(35)15-19)40-10-12-43-13-11-40/h2-9,14-17H,10-13H2,1H3,(H2,36,37,38). The summed E-state index contributed by atoms with van der Waals surface area (Å²) in [5.74, 6) is -1.56. The first kappa shape index (κ1) is 27.6. The number of anilines is 2. The van der Waals surface area contributed by atoms with E-state index >= 15 is 4.39 Å². The van der Waals surface area contributed by atoms with E-state index in [0.717, 1.165) is 6.07 Å². The lowest BCUT2D eigenvalue weighted by atomic mass is 9.99. The zero-order valence-corrected chi connectivity index (χ0v) is 23.4. The first-order valence-corrected chi connectivity index (χ1v) is 13.9. The highest BCUT2D eigenvalue weighted by Crippen LogP contribution is 2.37. The zero-order valence-electron chi connectivity index (χ0n) is 23.4. The minimum atomic E-state index is -0.836. The second kappa shape index (κ2) is 10.8. The monoisotopic (exact) mass is 598 g/mol. The highest BCUT2D eigenvalue weighted by atomic mass is 19.1. The minimum absolute atomic E-state index is 0.0172. The topological polar surface area (TPSA) is 112 Å². The van der Waals surface area contributed by atoms with Crippen molar-refractivity contribution in [1.29, 1.82) is 0 Å². The average molecular weight is 599 g/mol.